The molecule has 4 fully saturated rings. The second-order valence-electron chi connectivity index (χ2n) is 8.30. The van der Waals surface area contributed by atoms with Crippen LogP contribution in [0.3, 0.4) is 0 Å². The quantitative estimate of drug-likeness (QED) is 0.713. The van der Waals surface area contributed by atoms with Crippen LogP contribution < -0.4 is 16.8 Å². The number of nitrogens with two attached hydrogens (primary N) is 2. The molecule has 0 aromatic rings. The molecule has 4 rings (SSSR count). The Morgan fingerprint density at radius 2 is 1.79 bits per heavy atom. The van der Waals surface area contributed by atoms with Gasteiger partial charge in [0.25, 0.3) is 0 Å². The maximum atomic E-state index is 11.1. The number of hydrogen-bond acceptors (Lipinski definition) is 3. The van der Waals surface area contributed by atoms with Crippen LogP contribution in [-0.2, 0) is 4.79 Å². The summed E-state index contributed by atoms with van der Waals surface area (Å²) < 4.78 is 0. The van der Waals surface area contributed by atoms with Crippen molar-refractivity contribution in [1.82, 2.24) is 5.32 Å². The lowest BCUT2D eigenvalue weighted by atomic mass is 9.43. The molecule has 0 heterocycles. The molecule has 1 amide bonds. The van der Waals surface area contributed by atoms with Gasteiger partial charge in [0.1, 0.15) is 0 Å². The minimum atomic E-state index is -0.561. The van der Waals surface area contributed by atoms with Gasteiger partial charge in [0.05, 0.1) is 6.04 Å². The standard InChI is InChI=1S/C15H27N3O/c1-13-3-10-4-14(2,7-13)9-15(5-10,8-13)18-6-11(16)12(17)19/h10-11,18H,3-9,16H2,1-2H3,(H2,17,19). The van der Waals surface area contributed by atoms with Gasteiger partial charge < -0.3 is 16.8 Å². The first kappa shape index (κ1) is 13.4. The molecule has 4 saturated carbocycles. The zero-order valence-corrected chi connectivity index (χ0v) is 12.2. The molecule has 0 aliphatic heterocycles. The summed E-state index contributed by atoms with van der Waals surface area (Å²) >= 11 is 0. The van der Waals surface area contributed by atoms with Gasteiger partial charge in [-0.2, -0.15) is 0 Å². The average molecular weight is 265 g/mol. The van der Waals surface area contributed by atoms with E-state index >= 15 is 0 Å². The van der Waals surface area contributed by atoms with E-state index in [-0.39, 0.29) is 5.54 Å². The molecule has 5 N–H and O–H groups in total. The first-order valence-corrected chi connectivity index (χ1v) is 7.53. The van der Waals surface area contributed by atoms with E-state index in [4.69, 9.17) is 11.5 Å². The summed E-state index contributed by atoms with van der Waals surface area (Å²) in [4.78, 5) is 11.1. The molecule has 4 aliphatic rings. The summed E-state index contributed by atoms with van der Waals surface area (Å²) in [6.07, 6.45) is 7.85. The van der Waals surface area contributed by atoms with Gasteiger partial charge in [-0.1, -0.05) is 13.8 Å². The molecule has 0 aromatic carbocycles. The van der Waals surface area contributed by atoms with Crippen LogP contribution >= 0.6 is 0 Å². The van der Waals surface area contributed by atoms with Crippen molar-refractivity contribution < 1.29 is 4.79 Å². The van der Waals surface area contributed by atoms with Crippen LogP contribution in [-0.4, -0.2) is 24.0 Å². The smallest absolute Gasteiger partial charge is 0.235 e. The maximum Gasteiger partial charge on any atom is 0.235 e. The topological polar surface area (TPSA) is 81.1 Å². The molecule has 4 bridgehead atoms. The summed E-state index contributed by atoms with van der Waals surface area (Å²) in [5, 5.41) is 3.63. The second kappa shape index (κ2) is 3.95. The Morgan fingerprint density at radius 1 is 1.21 bits per heavy atom. The van der Waals surface area contributed by atoms with E-state index in [1.165, 1.54) is 38.5 Å². The van der Waals surface area contributed by atoms with Crippen LogP contribution in [0.4, 0.5) is 0 Å². The molecule has 4 aliphatic carbocycles. The molecular weight excluding hydrogens is 238 g/mol. The number of amides is 1. The lowest BCUT2D eigenvalue weighted by Gasteiger charge is -2.65. The Morgan fingerprint density at radius 3 is 2.26 bits per heavy atom. The summed E-state index contributed by atoms with van der Waals surface area (Å²) in [5.41, 5.74) is 12.2. The maximum absolute atomic E-state index is 11.1. The number of hydrogen-bond donors (Lipinski definition) is 3. The Bertz CT molecular complexity index is 390. The zero-order chi connectivity index (χ0) is 13.9. The Balaban J connectivity index is 1.75. The largest absolute Gasteiger partial charge is 0.368 e. The molecular formula is C15H27N3O. The molecule has 0 radical (unpaired) electrons. The van der Waals surface area contributed by atoms with Gasteiger partial charge in [-0.3, -0.25) is 4.79 Å². The Hall–Kier alpha value is -0.610. The number of rotatable bonds is 4. The minimum Gasteiger partial charge on any atom is -0.368 e. The molecule has 0 aromatic heterocycles. The lowest BCUT2D eigenvalue weighted by molar-refractivity contribution is -0.122. The van der Waals surface area contributed by atoms with Crippen LogP contribution in [0.25, 0.3) is 0 Å². The van der Waals surface area contributed by atoms with Gasteiger partial charge in [-0.25, -0.2) is 0 Å². The van der Waals surface area contributed by atoms with Crippen molar-refractivity contribution in [2.24, 2.45) is 28.2 Å². The second-order valence-corrected chi connectivity index (χ2v) is 8.30. The van der Waals surface area contributed by atoms with Crippen LogP contribution in [0.2, 0.25) is 0 Å². The van der Waals surface area contributed by atoms with Crippen molar-refractivity contribution in [2.45, 2.75) is 64.0 Å². The van der Waals surface area contributed by atoms with Crippen molar-refractivity contribution in [1.29, 1.82) is 0 Å². The number of carbonyl (C=O) groups excluding carboxylic acids is 1. The van der Waals surface area contributed by atoms with Gasteiger partial charge in [0, 0.05) is 12.1 Å². The molecule has 4 nitrogen and oxygen atoms in total. The van der Waals surface area contributed by atoms with Gasteiger partial charge in [-0.05, 0) is 55.3 Å². The predicted octanol–water partition coefficient (Wildman–Crippen LogP) is 1.14. The van der Waals surface area contributed by atoms with Crippen molar-refractivity contribution in [2.75, 3.05) is 6.54 Å². The van der Waals surface area contributed by atoms with Crippen molar-refractivity contribution >= 4 is 5.91 Å². The highest BCUT2D eigenvalue weighted by Gasteiger charge is 2.59. The van der Waals surface area contributed by atoms with Gasteiger partial charge in [-0.15, -0.1) is 0 Å². The van der Waals surface area contributed by atoms with Gasteiger partial charge in [0.15, 0.2) is 0 Å². The third kappa shape index (κ3) is 2.29. The van der Waals surface area contributed by atoms with E-state index < -0.39 is 11.9 Å². The van der Waals surface area contributed by atoms with Crippen LogP contribution in [0.5, 0.6) is 0 Å². The van der Waals surface area contributed by atoms with E-state index in [0.717, 1.165) is 5.92 Å². The summed E-state index contributed by atoms with van der Waals surface area (Å²) in [7, 11) is 0. The lowest BCUT2D eigenvalue weighted by Crippen LogP contribution is -2.65. The fourth-order valence-corrected chi connectivity index (χ4v) is 6.07. The number of carbonyl (C=O) groups is 1. The van der Waals surface area contributed by atoms with E-state index in [1.807, 2.05) is 0 Å². The number of nitrogens with one attached hydrogen (secondary N) is 1. The molecule has 3 unspecified atom stereocenters. The SMILES string of the molecule is CC12CC3CC(C)(C1)CC(NCC(N)C(N)=O)(C3)C2. The number of primary amides is 1. The van der Waals surface area contributed by atoms with Crippen LogP contribution in [0.1, 0.15) is 52.4 Å². The summed E-state index contributed by atoms with van der Waals surface area (Å²) in [5.74, 6) is 0.443. The predicted molar refractivity (Wildman–Crippen MR) is 75.3 cm³/mol. The molecule has 19 heavy (non-hydrogen) atoms. The van der Waals surface area contributed by atoms with Gasteiger partial charge in [0.2, 0.25) is 5.91 Å². The van der Waals surface area contributed by atoms with E-state index in [0.29, 0.717) is 17.4 Å². The minimum absolute atomic E-state index is 0.204. The highest BCUT2D eigenvalue weighted by atomic mass is 16.1. The molecule has 4 heteroatoms. The van der Waals surface area contributed by atoms with E-state index in [1.54, 1.807) is 0 Å². The first-order chi connectivity index (χ1) is 8.73. The highest BCUT2D eigenvalue weighted by Crippen LogP contribution is 2.66. The molecule has 0 saturated heterocycles. The Labute approximate surface area is 115 Å². The van der Waals surface area contributed by atoms with E-state index in [2.05, 4.69) is 19.2 Å². The van der Waals surface area contributed by atoms with E-state index in [9.17, 15) is 4.79 Å². The average Bonchev–Trinajstić information content (AvgIpc) is 2.20. The fraction of sp³-hybridized carbons (Fsp3) is 0.933. The van der Waals surface area contributed by atoms with Crippen LogP contribution in [0.15, 0.2) is 0 Å². The Kier molecular flexibility index (Phi) is 2.78. The van der Waals surface area contributed by atoms with Gasteiger partial charge >= 0.3 is 0 Å². The molecule has 0 spiro atoms. The van der Waals surface area contributed by atoms with Crippen molar-refractivity contribution in [3.05, 3.63) is 0 Å². The fourth-order valence-electron chi connectivity index (χ4n) is 6.07. The third-order valence-electron chi connectivity index (χ3n) is 5.69. The van der Waals surface area contributed by atoms with Crippen molar-refractivity contribution in [3.63, 3.8) is 0 Å². The molecule has 3 atom stereocenters. The monoisotopic (exact) mass is 265 g/mol. The summed E-state index contributed by atoms with van der Waals surface area (Å²) in [6, 6.07) is -0.561. The highest BCUT2D eigenvalue weighted by molar-refractivity contribution is 5.79. The van der Waals surface area contributed by atoms with Crippen LogP contribution in [0, 0.1) is 16.7 Å². The third-order valence-corrected chi connectivity index (χ3v) is 5.69. The first-order valence-electron chi connectivity index (χ1n) is 7.53. The molecule has 108 valence electrons. The summed E-state index contributed by atoms with van der Waals surface area (Å²) in [6.45, 7) is 5.41. The van der Waals surface area contributed by atoms with Crippen molar-refractivity contribution in [3.8, 4) is 0 Å². The zero-order valence-electron chi connectivity index (χ0n) is 12.2. The normalized spacial score (nSPS) is 49.3.